The second-order valence-corrected chi connectivity index (χ2v) is 5.56. The van der Waals surface area contributed by atoms with Crippen LogP contribution in [0.3, 0.4) is 0 Å². The molecule has 1 aromatic carbocycles. The minimum atomic E-state index is 0.117. The first-order valence-corrected chi connectivity index (χ1v) is 7.51. The summed E-state index contributed by atoms with van der Waals surface area (Å²) < 4.78 is 0. The van der Waals surface area contributed by atoms with E-state index >= 15 is 0 Å². The summed E-state index contributed by atoms with van der Waals surface area (Å²) >= 11 is 0. The predicted octanol–water partition coefficient (Wildman–Crippen LogP) is 1.36. The summed E-state index contributed by atoms with van der Waals surface area (Å²) in [6, 6.07) is 10.0. The smallest absolute Gasteiger partial charge is 0.234 e. The number of nitrogens with one attached hydrogen (secondary N) is 1. The number of rotatable bonds is 6. The van der Waals surface area contributed by atoms with Crippen molar-refractivity contribution in [2.24, 2.45) is 11.7 Å². The zero-order chi connectivity index (χ0) is 14.2. The Balaban J connectivity index is 1.65. The van der Waals surface area contributed by atoms with Gasteiger partial charge < -0.3 is 11.1 Å². The molecule has 1 amide bonds. The molecule has 0 aromatic heterocycles. The van der Waals surface area contributed by atoms with Crippen molar-refractivity contribution in [2.75, 3.05) is 26.2 Å². The van der Waals surface area contributed by atoms with Crippen molar-refractivity contribution in [2.45, 2.75) is 25.8 Å². The highest BCUT2D eigenvalue weighted by molar-refractivity contribution is 5.78. The lowest BCUT2D eigenvalue weighted by molar-refractivity contribution is -0.122. The summed E-state index contributed by atoms with van der Waals surface area (Å²) in [6.45, 7) is 3.95. The third kappa shape index (κ3) is 4.94. The van der Waals surface area contributed by atoms with Gasteiger partial charge in [0, 0.05) is 6.54 Å². The van der Waals surface area contributed by atoms with Crippen molar-refractivity contribution >= 4 is 5.91 Å². The van der Waals surface area contributed by atoms with Crippen molar-refractivity contribution in [1.29, 1.82) is 0 Å². The average molecular weight is 275 g/mol. The molecule has 20 heavy (non-hydrogen) atoms. The van der Waals surface area contributed by atoms with E-state index in [0.717, 1.165) is 37.5 Å². The number of carbonyl (C=O) groups excluding carboxylic acids is 1. The van der Waals surface area contributed by atoms with Crippen molar-refractivity contribution in [3.05, 3.63) is 35.9 Å². The number of likely N-dealkylation sites (tertiary alicyclic amines) is 1. The fraction of sp³-hybridized carbons (Fsp3) is 0.562. The number of amides is 1. The van der Waals surface area contributed by atoms with Gasteiger partial charge in [0.15, 0.2) is 0 Å². The molecule has 0 saturated carbocycles. The standard InChI is InChI=1S/C16H25N3O/c17-9-6-14-7-10-19(11-8-14)13-16(20)18-12-15-4-2-1-3-5-15/h1-5,14H,6-13,17H2,(H,18,20). The molecular formula is C16H25N3O. The number of nitrogens with zero attached hydrogens (tertiary/aromatic N) is 1. The van der Waals surface area contributed by atoms with Gasteiger partial charge in [-0.3, -0.25) is 9.69 Å². The average Bonchev–Trinajstić information content (AvgIpc) is 2.49. The van der Waals surface area contributed by atoms with E-state index in [0.29, 0.717) is 13.1 Å². The summed E-state index contributed by atoms with van der Waals surface area (Å²) in [5.41, 5.74) is 6.73. The van der Waals surface area contributed by atoms with Crippen LogP contribution in [0.15, 0.2) is 30.3 Å². The summed E-state index contributed by atoms with van der Waals surface area (Å²) in [7, 11) is 0. The van der Waals surface area contributed by atoms with Crippen LogP contribution in [0.25, 0.3) is 0 Å². The lowest BCUT2D eigenvalue weighted by atomic mass is 9.94. The topological polar surface area (TPSA) is 58.4 Å². The molecule has 0 unspecified atom stereocenters. The molecule has 1 aliphatic heterocycles. The number of carbonyl (C=O) groups is 1. The quantitative estimate of drug-likeness (QED) is 0.824. The monoisotopic (exact) mass is 275 g/mol. The van der Waals surface area contributed by atoms with Gasteiger partial charge in [-0.1, -0.05) is 30.3 Å². The van der Waals surface area contributed by atoms with Gasteiger partial charge in [0.1, 0.15) is 0 Å². The molecule has 4 heteroatoms. The molecule has 0 bridgehead atoms. The van der Waals surface area contributed by atoms with E-state index in [4.69, 9.17) is 5.73 Å². The summed E-state index contributed by atoms with van der Waals surface area (Å²) in [5.74, 6) is 0.870. The molecule has 0 atom stereocenters. The van der Waals surface area contributed by atoms with Gasteiger partial charge in [0.25, 0.3) is 0 Å². The zero-order valence-electron chi connectivity index (χ0n) is 12.1. The Morgan fingerprint density at radius 3 is 2.60 bits per heavy atom. The molecule has 1 heterocycles. The van der Waals surface area contributed by atoms with Crippen LogP contribution in [0, 0.1) is 5.92 Å². The van der Waals surface area contributed by atoms with Crippen LogP contribution in [0.4, 0.5) is 0 Å². The minimum absolute atomic E-state index is 0.117. The molecule has 0 radical (unpaired) electrons. The van der Waals surface area contributed by atoms with E-state index in [9.17, 15) is 4.79 Å². The number of piperidine rings is 1. The third-order valence-electron chi connectivity index (χ3n) is 3.98. The van der Waals surface area contributed by atoms with Crippen LogP contribution in [0.2, 0.25) is 0 Å². The van der Waals surface area contributed by atoms with E-state index < -0.39 is 0 Å². The molecule has 2 rings (SSSR count). The molecule has 1 fully saturated rings. The van der Waals surface area contributed by atoms with Gasteiger partial charge in [-0.2, -0.15) is 0 Å². The molecule has 4 nitrogen and oxygen atoms in total. The van der Waals surface area contributed by atoms with Gasteiger partial charge in [-0.25, -0.2) is 0 Å². The van der Waals surface area contributed by atoms with Crippen LogP contribution < -0.4 is 11.1 Å². The lowest BCUT2D eigenvalue weighted by Gasteiger charge is -2.31. The van der Waals surface area contributed by atoms with Crippen molar-refractivity contribution in [1.82, 2.24) is 10.2 Å². The third-order valence-corrected chi connectivity index (χ3v) is 3.98. The first kappa shape index (κ1) is 15.0. The molecule has 0 aliphatic carbocycles. The normalized spacial score (nSPS) is 17.1. The molecule has 110 valence electrons. The first-order valence-electron chi connectivity index (χ1n) is 7.51. The van der Waals surface area contributed by atoms with Crippen LogP contribution >= 0.6 is 0 Å². The van der Waals surface area contributed by atoms with E-state index in [1.54, 1.807) is 0 Å². The molecule has 3 N–H and O–H groups in total. The Kier molecular flexibility index (Phi) is 6.02. The number of hydrogen-bond acceptors (Lipinski definition) is 3. The van der Waals surface area contributed by atoms with E-state index in [1.165, 1.54) is 12.8 Å². The van der Waals surface area contributed by atoms with Crippen molar-refractivity contribution in [3.63, 3.8) is 0 Å². The van der Waals surface area contributed by atoms with Gasteiger partial charge >= 0.3 is 0 Å². The summed E-state index contributed by atoms with van der Waals surface area (Å²) in [4.78, 5) is 14.2. The molecule has 1 aliphatic rings. The highest BCUT2D eigenvalue weighted by atomic mass is 16.2. The fourth-order valence-electron chi connectivity index (χ4n) is 2.72. The molecule has 1 aromatic rings. The maximum Gasteiger partial charge on any atom is 0.234 e. The van der Waals surface area contributed by atoms with Crippen LogP contribution in [0.1, 0.15) is 24.8 Å². The van der Waals surface area contributed by atoms with Crippen LogP contribution in [-0.4, -0.2) is 37.0 Å². The van der Waals surface area contributed by atoms with Crippen LogP contribution in [-0.2, 0) is 11.3 Å². The fourth-order valence-corrected chi connectivity index (χ4v) is 2.72. The SMILES string of the molecule is NCCC1CCN(CC(=O)NCc2ccccc2)CC1. The number of benzene rings is 1. The van der Waals surface area contributed by atoms with Gasteiger partial charge in [0.2, 0.25) is 5.91 Å². The Morgan fingerprint density at radius 1 is 1.25 bits per heavy atom. The predicted molar refractivity (Wildman–Crippen MR) is 81.1 cm³/mol. The van der Waals surface area contributed by atoms with Gasteiger partial charge in [-0.05, 0) is 50.4 Å². The van der Waals surface area contributed by atoms with E-state index in [2.05, 4.69) is 10.2 Å². The van der Waals surface area contributed by atoms with Gasteiger partial charge in [-0.15, -0.1) is 0 Å². The zero-order valence-corrected chi connectivity index (χ0v) is 12.1. The van der Waals surface area contributed by atoms with E-state index in [1.807, 2.05) is 30.3 Å². The van der Waals surface area contributed by atoms with Gasteiger partial charge in [0.05, 0.1) is 6.54 Å². The molecule has 0 spiro atoms. The summed E-state index contributed by atoms with van der Waals surface area (Å²) in [5, 5.41) is 2.98. The second-order valence-electron chi connectivity index (χ2n) is 5.56. The lowest BCUT2D eigenvalue weighted by Crippen LogP contribution is -2.41. The first-order chi connectivity index (χ1) is 9.78. The Hall–Kier alpha value is -1.39. The number of hydrogen-bond donors (Lipinski definition) is 2. The Labute approximate surface area is 121 Å². The minimum Gasteiger partial charge on any atom is -0.351 e. The van der Waals surface area contributed by atoms with Crippen molar-refractivity contribution in [3.8, 4) is 0 Å². The highest BCUT2D eigenvalue weighted by Gasteiger charge is 2.19. The maximum absolute atomic E-state index is 11.9. The Bertz CT molecular complexity index is 399. The highest BCUT2D eigenvalue weighted by Crippen LogP contribution is 2.19. The molecule has 1 saturated heterocycles. The van der Waals surface area contributed by atoms with Crippen molar-refractivity contribution < 1.29 is 4.79 Å². The van der Waals surface area contributed by atoms with E-state index in [-0.39, 0.29) is 5.91 Å². The largest absolute Gasteiger partial charge is 0.351 e. The number of nitrogens with two attached hydrogens (primary N) is 1. The summed E-state index contributed by atoms with van der Waals surface area (Å²) in [6.07, 6.45) is 3.46. The second kappa shape index (κ2) is 8.02. The Morgan fingerprint density at radius 2 is 1.95 bits per heavy atom. The van der Waals surface area contributed by atoms with Crippen LogP contribution in [0.5, 0.6) is 0 Å². The maximum atomic E-state index is 11.9. The molecular weight excluding hydrogens is 250 g/mol.